The van der Waals surface area contributed by atoms with Crippen molar-refractivity contribution < 1.29 is 0 Å². The minimum absolute atomic E-state index is 0.449. The molecule has 0 aliphatic carbocycles. The summed E-state index contributed by atoms with van der Waals surface area (Å²) in [5, 5.41) is 3.33. The number of aryl methyl sites for hydroxylation is 1. The van der Waals surface area contributed by atoms with Crippen molar-refractivity contribution in [2.45, 2.75) is 6.92 Å². The lowest BCUT2D eigenvalue weighted by Crippen LogP contribution is -2.14. The second-order valence-electron chi connectivity index (χ2n) is 3.33. The van der Waals surface area contributed by atoms with Crippen molar-refractivity contribution in [2.24, 2.45) is 5.73 Å². The summed E-state index contributed by atoms with van der Waals surface area (Å²) in [5.74, 6) is 1.07. The van der Waals surface area contributed by atoms with E-state index in [1.165, 1.54) is 5.56 Å². The molecule has 82 valence electrons. The smallest absolute Gasteiger partial charge is 0.106 e. The highest BCUT2D eigenvalue weighted by Gasteiger charge is 2.04. The normalized spacial score (nSPS) is 10.0. The lowest BCUT2D eigenvalue weighted by Gasteiger charge is -2.11. The minimum atomic E-state index is 0.449. The molecule has 3 N–H and O–H groups in total. The van der Waals surface area contributed by atoms with Gasteiger partial charge in [-0.25, -0.2) is 0 Å². The van der Waals surface area contributed by atoms with Crippen molar-refractivity contribution in [3.05, 3.63) is 29.3 Å². The lowest BCUT2D eigenvalue weighted by atomic mass is 10.1. The Morgan fingerprint density at radius 1 is 1.53 bits per heavy atom. The molecule has 0 unspecified atom stereocenters. The van der Waals surface area contributed by atoms with Crippen LogP contribution >= 0.6 is 24.0 Å². The van der Waals surface area contributed by atoms with Gasteiger partial charge in [-0.05, 0) is 25.3 Å². The fraction of sp³-hybridized carbons (Fsp3) is 0.364. The molecule has 0 spiro atoms. The number of thioether (sulfide) groups is 1. The van der Waals surface area contributed by atoms with Crippen molar-refractivity contribution in [1.29, 1.82) is 0 Å². The van der Waals surface area contributed by atoms with Crippen LogP contribution in [0.2, 0.25) is 0 Å². The molecule has 0 fully saturated rings. The molecular weight excluding hydrogens is 224 g/mol. The molecule has 1 aromatic rings. The average Bonchev–Trinajstić information content (AvgIpc) is 2.20. The predicted molar refractivity (Wildman–Crippen MR) is 73.9 cm³/mol. The predicted octanol–water partition coefficient (Wildman–Crippen LogP) is 2.40. The Hall–Kier alpha value is -0.740. The zero-order chi connectivity index (χ0) is 11.3. The highest BCUT2D eigenvalue weighted by atomic mass is 32.2. The van der Waals surface area contributed by atoms with E-state index < -0.39 is 0 Å². The van der Waals surface area contributed by atoms with Crippen LogP contribution in [0.1, 0.15) is 11.1 Å². The molecule has 1 rings (SSSR count). The topological polar surface area (TPSA) is 38.0 Å². The maximum Gasteiger partial charge on any atom is 0.106 e. The Morgan fingerprint density at radius 3 is 2.87 bits per heavy atom. The van der Waals surface area contributed by atoms with Crippen molar-refractivity contribution in [3.63, 3.8) is 0 Å². The summed E-state index contributed by atoms with van der Waals surface area (Å²) in [4.78, 5) is 0.449. The number of hydrogen-bond donors (Lipinski definition) is 2. The van der Waals surface area contributed by atoms with Gasteiger partial charge < -0.3 is 11.1 Å². The first-order chi connectivity index (χ1) is 7.15. The van der Waals surface area contributed by atoms with E-state index in [4.69, 9.17) is 18.0 Å². The van der Waals surface area contributed by atoms with Crippen LogP contribution in [0.5, 0.6) is 0 Å². The van der Waals surface area contributed by atoms with Gasteiger partial charge in [-0.2, -0.15) is 11.8 Å². The number of anilines is 1. The van der Waals surface area contributed by atoms with E-state index in [1.807, 2.05) is 30.8 Å². The third kappa shape index (κ3) is 3.72. The maximum absolute atomic E-state index is 5.67. The second-order valence-corrected chi connectivity index (χ2v) is 4.76. The monoisotopic (exact) mass is 240 g/mol. The number of rotatable bonds is 5. The van der Waals surface area contributed by atoms with E-state index >= 15 is 0 Å². The summed E-state index contributed by atoms with van der Waals surface area (Å²) in [6.45, 7) is 2.97. The molecular formula is C11H16N2S2. The van der Waals surface area contributed by atoms with Gasteiger partial charge >= 0.3 is 0 Å². The zero-order valence-electron chi connectivity index (χ0n) is 9.04. The quantitative estimate of drug-likeness (QED) is 0.612. The standard InChI is InChI=1S/C11H16N2S2/c1-8-3-4-10(13-5-6-15-2)9(7-8)11(12)14/h3-4,7,13H,5-6H2,1-2H3,(H2,12,14). The van der Waals surface area contributed by atoms with Crippen LogP contribution in [0.15, 0.2) is 18.2 Å². The number of thiocarbonyl (C=S) groups is 1. The van der Waals surface area contributed by atoms with E-state index in [-0.39, 0.29) is 0 Å². The van der Waals surface area contributed by atoms with Crippen molar-refractivity contribution >= 4 is 34.7 Å². The van der Waals surface area contributed by atoms with Gasteiger partial charge in [0.15, 0.2) is 0 Å². The van der Waals surface area contributed by atoms with Gasteiger partial charge in [0.05, 0.1) is 0 Å². The SMILES string of the molecule is CSCCNc1ccc(C)cc1C(N)=S. The summed E-state index contributed by atoms with van der Waals surface area (Å²) in [5.41, 5.74) is 8.81. The molecule has 0 saturated carbocycles. The summed E-state index contributed by atoms with van der Waals surface area (Å²) in [6, 6.07) is 6.11. The third-order valence-electron chi connectivity index (χ3n) is 2.06. The maximum atomic E-state index is 5.67. The first kappa shape index (κ1) is 12.3. The first-order valence-electron chi connectivity index (χ1n) is 4.78. The summed E-state index contributed by atoms with van der Waals surface area (Å²) >= 11 is 6.83. The molecule has 2 nitrogen and oxygen atoms in total. The fourth-order valence-corrected chi connectivity index (χ4v) is 1.78. The number of nitrogens with one attached hydrogen (secondary N) is 1. The highest BCUT2D eigenvalue weighted by molar-refractivity contribution is 7.98. The van der Waals surface area contributed by atoms with Crippen molar-refractivity contribution in [2.75, 3.05) is 23.9 Å². The van der Waals surface area contributed by atoms with Crippen LogP contribution in [-0.2, 0) is 0 Å². The van der Waals surface area contributed by atoms with Gasteiger partial charge in [0.2, 0.25) is 0 Å². The minimum Gasteiger partial charge on any atom is -0.389 e. The zero-order valence-corrected chi connectivity index (χ0v) is 10.7. The number of hydrogen-bond acceptors (Lipinski definition) is 3. The molecule has 0 amide bonds. The average molecular weight is 240 g/mol. The van der Waals surface area contributed by atoms with E-state index in [1.54, 1.807) is 0 Å². The summed E-state index contributed by atoms with van der Waals surface area (Å²) < 4.78 is 0. The Kier molecular flexibility index (Phi) is 4.91. The molecule has 0 atom stereocenters. The van der Waals surface area contributed by atoms with Crippen molar-refractivity contribution in [3.8, 4) is 0 Å². The Bertz CT molecular complexity index is 350. The van der Waals surface area contributed by atoms with Gasteiger partial charge in [-0.3, -0.25) is 0 Å². The molecule has 4 heteroatoms. The van der Waals surface area contributed by atoms with E-state index in [2.05, 4.69) is 17.6 Å². The van der Waals surface area contributed by atoms with Gasteiger partial charge in [0.25, 0.3) is 0 Å². The Balaban J connectivity index is 2.81. The molecule has 0 aromatic heterocycles. The lowest BCUT2D eigenvalue weighted by molar-refractivity contribution is 1.22. The second kappa shape index (κ2) is 5.98. The molecule has 0 radical (unpaired) electrons. The molecule has 0 heterocycles. The third-order valence-corrected chi connectivity index (χ3v) is 2.89. The molecule has 0 bridgehead atoms. The largest absolute Gasteiger partial charge is 0.389 e. The van der Waals surface area contributed by atoms with Crippen LogP contribution in [0, 0.1) is 6.92 Å². The number of benzene rings is 1. The van der Waals surface area contributed by atoms with Gasteiger partial charge in [0, 0.05) is 23.5 Å². The first-order valence-corrected chi connectivity index (χ1v) is 6.58. The van der Waals surface area contributed by atoms with Crippen LogP contribution in [-0.4, -0.2) is 23.5 Å². The molecule has 0 saturated heterocycles. The number of nitrogens with two attached hydrogens (primary N) is 1. The van der Waals surface area contributed by atoms with Gasteiger partial charge in [0.1, 0.15) is 4.99 Å². The Labute approximate surface area is 101 Å². The Morgan fingerprint density at radius 2 is 2.27 bits per heavy atom. The van der Waals surface area contributed by atoms with Gasteiger partial charge in [-0.1, -0.05) is 23.8 Å². The summed E-state index contributed by atoms with van der Waals surface area (Å²) in [6.07, 6.45) is 2.09. The molecule has 0 aliphatic heterocycles. The van der Waals surface area contributed by atoms with Crippen molar-refractivity contribution in [1.82, 2.24) is 0 Å². The highest BCUT2D eigenvalue weighted by Crippen LogP contribution is 2.17. The van der Waals surface area contributed by atoms with Crippen LogP contribution in [0.3, 0.4) is 0 Å². The van der Waals surface area contributed by atoms with Crippen LogP contribution in [0.4, 0.5) is 5.69 Å². The molecule has 0 aliphatic rings. The van der Waals surface area contributed by atoms with E-state index in [0.29, 0.717) is 4.99 Å². The summed E-state index contributed by atoms with van der Waals surface area (Å²) in [7, 11) is 0. The van der Waals surface area contributed by atoms with E-state index in [9.17, 15) is 0 Å². The fourth-order valence-electron chi connectivity index (χ4n) is 1.30. The van der Waals surface area contributed by atoms with Gasteiger partial charge in [-0.15, -0.1) is 0 Å². The van der Waals surface area contributed by atoms with E-state index in [0.717, 1.165) is 23.5 Å². The molecule has 15 heavy (non-hydrogen) atoms. The molecule has 1 aromatic carbocycles. The van der Waals surface area contributed by atoms with Crippen LogP contribution in [0.25, 0.3) is 0 Å². The van der Waals surface area contributed by atoms with Crippen LogP contribution < -0.4 is 11.1 Å².